The molecule has 0 saturated heterocycles. The highest BCUT2D eigenvalue weighted by Gasteiger charge is 2.01. The number of quaternary nitrogens is 1. The Morgan fingerprint density at radius 2 is 1.77 bits per heavy atom. The van der Waals surface area contributed by atoms with E-state index in [0.29, 0.717) is 5.75 Å². The first-order valence-corrected chi connectivity index (χ1v) is 4.27. The van der Waals surface area contributed by atoms with Crippen molar-refractivity contribution in [2.45, 2.75) is 0 Å². The molecule has 0 aliphatic carbocycles. The smallest absolute Gasteiger partial charge is 0.122 e. The first-order chi connectivity index (χ1) is 5.99. The summed E-state index contributed by atoms with van der Waals surface area (Å²) in [4.78, 5) is 0. The fraction of sp³-hybridized carbons (Fsp3) is 0.273. The zero-order chi connectivity index (χ0) is 9.90. The average molecular weight is 178 g/mol. The molecular formula is C11H16NO+. The minimum absolute atomic E-state index is 0.326. The largest absolute Gasteiger partial charge is 0.507 e. The lowest BCUT2D eigenvalue weighted by Crippen LogP contribution is -2.26. The van der Waals surface area contributed by atoms with E-state index in [1.54, 1.807) is 6.07 Å². The van der Waals surface area contributed by atoms with E-state index in [2.05, 4.69) is 21.1 Å². The van der Waals surface area contributed by atoms with Crippen LogP contribution in [0.4, 0.5) is 0 Å². The Morgan fingerprint density at radius 3 is 2.31 bits per heavy atom. The van der Waals surface area contributed by atoms with Crippen LogP contribution in [0, 0.1) is 0 Å². The first-order valence-electron chi connectivity index (χ1n) is 4.27. The highest BCUT2D eigenvalue weighted by Crippen LogP contribution is 2.17. The number of hydrogen-bond donors (Lipinski definition) is 1. The van der Waals surface area contributed by atoms with Crippen LogP contribution < -0.4 is 0 Å². The summed E-state index contributed by atoms with van der Waals surface area (Å²) in [5.41, 5.74) is 0.857. The number of rotatable bonds is 2. The van der Waals surface area contributed by atoms with Gasteiger partial charge in [-0.1, -0.05) is 18.2 Å². The van der Waals surface area contributed by atoms with Gasteiger partial charge in [0.05, 0.1) is 27.3 Å². The van der Waals surface area contributed by atoms with Gasteiger partial charge >= 0.3 is 0 Å². The van der Waals surface area contributed by atoms with Crippen molar-refractivity contribution >= 4 is 6.08 Å². The van der Waals surface area contributed by atoms with Gasteiger partial charge in [0.1, 0.15) is 5.75 Å². The number of hydrogen-bond acceptors (Lipinski definition) is 1. The van der Waals surface area contributed by atoms with Gasteiger partial charge in [-0.3, -0.25) is 0 Å². The Bertz CT molecular complexity index is 310. The third-order valence-corrected chi connectivity index (χ3v) is 1.64. The van der Waals surface area contributed by atoms with Gasteiger partial charge < -0.3 is 9.59 Å². The van der Waals surface area contributed by atoms with Crippen molar-refractivity contribution in [3.63, 3.8) is 0 Å². The molecule has 1 N–H and O–H groups in total. The molecule has 0 saturated carbocycles. The van der Waals surface area contributed by atoms with Crippen LogP contribution >= 0.6 is 0 Å². The molecule has 0 amide bonds. The van der Waals surface area contributed by atoms with Gasteiger partial charge in [0.2, 0.25) is 0 Å². The maximum atomic E-state index is 9.45. The molecule has 1 aromatic carbocycles. The van der Waals surface area contributed by atoms with E-state index >= 15 is 0 Å². The quantitative estimate of drug-likeness (QED) is 0.687. The number of benzene rings is 1. The van der Waals surface area contributed by atoms with Crippen LogP contribution in [0.2, 0.25) is 0 Å². The van der Waals surface area contributed by atoms with Crippen molar-refractivity contribution in [3.8, 4) is 5.75 Å². The molecule has 13 heavy (non-hydrogen) atoms. The molecule has 0 spiro atoms. The van der Waals surface area contributed by atoms with Crippen molar-refractivity contribution < 1.29 is 9.59 Å². The predicted molar refractivity (Wildman–Crippen MR) is 55.2 cm³/mol. The molecule has 0 radical (unpaired) electrons. The summed E-state index contributed by atoms with van der Waals surface area (Å²) in [7, 11) is 6.20. The van der Waals surface area contributed by atoms with Gasteiger partial charge in [-0.15, -0.1) is 0 Å². The summed E-state index contributed by atoms with van der Waals surface area (Å²) in [5.74, 6) is 0.326. The average Bonchev–Trinajstić information content (AvgIpc) is 2.01. The van der Waals surface area contributed by atoms with Crippen molar-refractivity contribution in [2.75, 3.05) is 21.1 Å². The van der Waals surface area contributed by atoms with Gasteiger partial charge in [0, 0.05) is 11.6 Å². The van der Waals surface area contributed by atoms with Gasteiger partial charge in [0.25, 0.3) is 0 Å². The minimum Gasteiger partial charge on any atom is -0.507 e. The molecule has 1 aromatic rings. The normalized spacial score (nSPS) is 12.2. The summed E-state index contributed by atoms with van der Waals surface area (Å²) in [6.45, 7) is 0. The second-order valence-electron chi connectivity index (χ2n) is 3.99. The maximum Gasteiger partial charge on any atom is 0.122 e. The Balaban J connectivity index is 2.86. The maximum absolute atomic E-state index is 9.45. The zero-order valence-corrected chi connectivity index (χ0v) is 8.36. The molecule has 0 fully saturated rings. The van der Waals surface area contributed by atoms with E-state index in [4.69, 9.17) is 0 Å². The van der Waals surface area contributed by atoms with Crippen LogP contribution in [-0.2, 0) is 0 Å². The summed E-state index contributed by atoms with van der Waals surface area (Å²) >= 11 is 0. The molecule has 70 valence electrons. The second-order valence-corrected chi connectivity index (χ2v) is 3.99. The van der Waals surface area contributed by atoms with Crippen LogP contribution in [0.25, 0.3) is 6.08 Å². The highest BCUT2D eigenvalue weighted by molar-refractivity contribution is 5.55. The van der Waals surface area contributed by atoms with Crippen LogP contribution in [-0.4, -0.2) is 30.7 Å². The molecule has 2 nitrogen and oxygen atoms in total. The topological polar surface area (TPSA) is 20.2 Å². The van der Waals surface area contributed by atoms with E-state index in [1.165, 1.54) is 0 Å². The zero-order valence-electron chi connectivity index (χ0n) is 8.36. The molecule has 0 bridgehead atoms. The lowest BCUT2D eigenvalue weighted by atomic mass is 10.2. The van der Waals surface area contributed by atoms with Crippen LogP contribution in [0.3, 0.4) is 0 Å². The van der Waals surface area contributed by atoms with Crippen molar-refractivity contribution in [2.24, 2.45) is 0 Å². The third kappa shape index (κ3) is 3.30. The lowest BCUT2D eigenvalue weighted by molar-refractivity contribution is -0.816. The summed E-state index contributed by atoms with van der Waals surface area (Å²) in [5, 5.41) is 9.45. The summed E-state index contributed by atoms with van der Waals surface area (Å²) < 4.78 is 0.744. The van der Waals surface area contributed by atoms with E-state index in [-0.39, 0.29) is 0 Å². The van der Waals surface area contributed by atoms with Crippen LogP contribution in [0.5, 0.6) is 5.75 Å². The Labute approximate surface area is 79.3 Å². The fourth-order valence-corrected chi connectivity index (χ4v) is 0.932. The van der Waals surface area contributed by atoms with Crippen molar-refractivity contribution in [1.29, 1.82) is 0 Å². The van der Waals surface area contributed by atoms with Gasteiger partial charge in [0.15, 0.2) is 0 Å². The minimum atomic E-state index is 0.326. The molecule has 0 aliphatic rings. The molecule has 0 aromatic heterocycles. The predicted octanol–water partition coefficient (Wildman–Crippen LogP) is 2.07. The standard InChI is InChI=1S/C11H15NO/c1-12(2,3)9-8-10-6-4-5-7-11(10)13/h4-9H,1-3H3/p+1/b9-8+. The van der Waals surface area contributed by atoms with Crippen molar-refractivity contribution in [3.05, 3.63) is 36.0 Å². The Hall–Kier alpha value is -1.28. The first kappa shape index (κ1) is 9.81. The molecule has 0 heterocycles. The lowest BCUT2D eigenvalue weighted by Gasteiger charge is -2.17. The Morgan fingerprint density at radius 1 is 1.15 bits per heavy atom. The molecule has 0 unspecified atom stereocenters. The number of nitrogens with zero attached hydrogens (tertiary/aromatic N) is 1. The number of phenolic OH excluding ortho intramolecular Hbond substituents is 1. The molecule has 2 heteroatoms. The monoisotopic (exact) mass is 178 g/mol. The summed E-state index contributed by atoms with van der Waals surface area (Å²) in [6, 6.07) is 7.31. The van der Waals surface area contributed by atoms with E-state index in [9.17, 15) is 5.11 Å². The van der Waals surface area contributed by atoms with E-state index in [0.717, 1.165) is 10.0 Å². The SMILES string of the molecule is C[N+](C)(C)/C=C/c1ccccc1O. The number of aromatic hydroxyl groups is 1. The second kappa shape index (κ2) is 3.62. The highest BCUT2D eigenvalue weighted by atomic mass is 16.3. The summed E-state index contributed by atoms with van der Waals surface area (Å²) in [6.07, 6.45) is 3.95. The van der Waals surface area contributed by atoms with Crippen LogP contribution in [0.15, 0.2) is 30.5 Å². The number of para-hydroxylation sites is 1. The van der Waals surface area contributed by atoms with Gasteiger partial charge in [-0.25, -0.2) is 0 Å². The van der Waals surface area contributed by atoms with Gasteiger partial charge in [-0.2, -0.15) is 0 Å². The Kier molecular flexibility index (Phi) is 2.73. The van der Waals surface area contributed by atoms with E-state index in [1.807, 2.05) is 30.5 Å². The fourth-order valence-electron chi connectivity index (χ4n) is 0.932. The van der Waals surface area contributed by atoms with E-state index < -0.39 is 0 Å². The molecular weight excluding hydrogens is 162 g/mol. The van der Waals surface area contributed by atoms with Crippen LogP contribution in [0.1, 0.15) is 5.56 Å². The van der Waals surface area contributed by atoms with Gasteiger partial charge in [-0.05, 0) is 6.07 Å². The van der Waals surface area contributed by atoms with Crippen molar-refractivity contribution in [1.82, 2.24) is 0 Å². The third-order valence-electron chi connectivity index (χ3n) is 1.64. The molecule has 0 atom stereocenters. The number of phenols is 1. The molecule has 0 aliphatic heterocycles. The molecule has 1 rings (SSSR count).